The molecule has 0 bridgehead atoms. The molecule has 0 unspecified atom stereocenters. The Balaban J connectivity index is 1.39. The van der Waals surface area contributed by atoms with Crippen LogP contribution < -0.4 is 10.2 Å². The molecule has 1 aromatic heterocycles. The largest absolute Gasteiger partial charge is 0.353 e. The second kappa shape index (κ2) is 10.7. The van der Waals surface area contributed by atoms with Crippen LogP contribution in [0, 0.1) is 21.7 Å². The van der Waals surface area contributed by atoms with Gasteiger partial charge in [0.25, 0.3) is 0 Å². The summed E-state index contributed by atoms with van der Waals surface area (Å²) >= 11 is 0. The number of halogens is 2. The van der Waals surface area contributed by atoms with Gasteiger partial charge in [-0.25, -0.2) is 18.7 Å². The summed E-state index contributed by atoms with van der Waals surface area (Å²) in [5.74, 6) is -1.98. The first kappa shape index (κ1) is 24.3. The summed E-state index contributed by atoms with van der Waals surface area (Å²) in [7, 11) is 0. The maximum absolute atomic E-state index is 13.7. The highest BCUT2D eigenvalue weighted by molar-refractivity contribution is 5.74. The van der Waals surface area contributed by atoms with E-state index in [4.69, 9.17) is 0 Å². The third-order valence-corrected chi connectivity index (χ3v) is 6.38. The summed E-state index contributed by atoms with van der Waals surface area (Å²) in [6.07, 6.45) is 1.23. The molecule has 1 aliphatic heterocycles. The van der Waals surface area contributed by atoms with Crippen LogP contribution in [0.1, 0.15) is 17.2 Å². The van der Waals surface area contributed by atoms with Crippen LogP contribution in [0.5, 0.6) is 0 Å². The van der Waals surface area contributed by atoms with E-state index in [9.17, 15) is 18.9 Å². The Morgan fingerprint density at radius 3 is 2.03 bits per heavy atom. The number of hydrogen-bond donors (Lipinski definition) is 1. The lowest BCUT2D eigenvalue weighted by molar-refractivity contribution is -0.383. The van der Waals surface area contributed by atoms with Gasteiger partial charge in [0.15, 0.2) is 11.6 Å². The Bertz CT molecular complexity index is 1340. The van der Waals surface area contributed by atoms with Crippen molar-refractivity contribution in [2.45, 2.75) is 6.04 Å². The third kappa shape index (κ3) is 5.24. The van der Waals surface area contributed by atoms with Crippen molar-refractivity contribution in [1.29, 1.82) is 0 Å². The fraction of sp³-hybridized carbons (Fsp3) is 0.185. The second-order valence-corrected chi connectivity index (χ2v) is 8.65. The summed E-state index contributed by atoms with van der Waals surface area (Å²) in [5, 5.41) is 14.8. The van der Waals surface area contributed by atoms with E-state index in [1.807, 2.05) is 41.3 Å². The van der Waals surface area contributed by atoms with Crippen LogP contribution in [0.25, 0.3) is 0 Å². The van der Waals surface area contributed by atoms with E-state index in [2.05, 4.69) is 44.5 Å². The highest BCUT2D eigenvalue weighted by Crippen LogP contribution is 2.36. The van der Waals surface area contributed by atoms with E-state index < -0.39 is 16.6 Å². The zero-order chi connectivity index (χ0) is 25.8. The van der Waals surface area contributed by atoms with Crippen molar-refractivity contribution in [3.05, 3.63) is 118 Å². The first-order valence-corrected chi connectivity index (χ1v) is 11.8. The zero-order valence-corrected chi connectivity index (χ0v) is 19.8. The molecule has 0 radical (unpaired) electrons. The van der Waals surface area contributed by atoms with Crippen molar-refractivity contribution < 1.29 is 13.7 Å². The van der Waals surface area contributed by atoms with Crippen LogP contribution in [-0.2, 0) is 0 Å². The summed E-state index contributed by atoms with van der Waals surface area (Å²) in [4.78, 5) is 23.9. The zero-order valence-electron chi connectivity index (χ0n) is 19.8. The van der Waals surface area contributed by atoms with Gasteiger partial charge in [-0.05, 0) is 23.3 Å². The number of nitro groups is 1. The maximum Gasteiger partial charge on any atom is 0.353 e. The highest BCUT2D eigenvalue weighted by atomic mass is 19.2. The Morgan fingerprint density at radius 1 is 0.838 bits per heavy atom. The topological polar surface area (TPSA) is 87.4 Å². The van der Waals surface area contributed by atoms with Crippen LogP contribution >= 0.6 is 0 Å². The van der Waals surface area contributed by atoms with Crippen molar-refractivity contribution in [1.82, 2.24) is 14.9 Å². The Morgan fingerprint density at radius 2 is 1.46 bits per heavy atom. The van der Waals surface area contributed by atoms with Crippen molar-refractivity contribution >= 4 is 23.0 Å². The van der Waals surface area contributed by atoms with Crippen molar-refractivity contribution in [3.8, 4) is 0 Å². The summed E-state index contributed by atoms with van der Waals surface area (Å²) in [6, 6.07) is 23.7. The van der Waals surface area contributed by atoms with E-state index in [0.29, 0.717) is 26.2 Å². The molecule has 2 heterocycles. The molecule has 8 nitrogen and oxygen atoms in total. The quantitative estimate of drug-likeness (QED) is 0.270. The van der Waals surface area contributed by atoms with Crippen LogP contribution in [0.2, 0.25) is 0 Å². The van der Waals surface area contributed by atoms with Crippen LogP contribution in [0.4, 0.5) is 31.8 Å². The van der Waals surface area contributed by atoms with Crippen LogP contribution in [0.3, 0.4) is 0 Å². The Hall–Kier alpha value is -4.44. The average molecular weight is 503 g/mol. The highest BCUT2D eigenvalue weighted by Gasteiger charge is 2.32. The Labute approximate surface area is 212 Å². The fourth-order valence-corrected chi connectivity index (χ4v) is 4.65. The molecule has 0 spiro atoms. The van der Waals surface area contributed by atoms with Gasteiger partial charge >= 0.3 is 5.69 Å². The van der Waals surface area contributed by atoms with Crippen LogP contribution in [0.15, 0.2) is 85.2 Å². The summed E-state index contributed by atoms with van der Waals surface area (Å²) in [6.45, 7) is 2.33. The smallest absolute Gasteiger partial charge is 0.348 e. The van der Waals surface area contributed by atoms with Crippen molar-refractivity contribution in [2.24, 2.45) is 0 Å². The van der Waals surface area contributed by atoms with Gasteiger partial charge in [-0.2, -0.15) is 0 Å². The number of nitrogens with zero attached hydrogens (tertiary/aromatic N) is 5. The van der Waals surface area contributed by atoms with Gasteiger partial charge in [0.1, 0.15) is 6.33 Å². The number of piperazine rings is 1. The molecule has 1 saturated heterocycles. The molecular weight excluding hydrogens is 478 g/mol. The minimum atomic E-state index is -1.07. The Kier molecular flexibility index (Phi) is 7.00. The molecular formula is C27H24F2N6O2. The summed E-state index contributed by atoms with van der Waals surface area (Å²) in [5.41, 5.74) is 2.18. The standard InChI is InChI=1S/C27H24F2N6O2/c28-22-12-11-21(17-23(22)29)32-26-25(35(36)37)27(31-18-30-26)34-15-13-33(14-16-34)24(19-7-3-1-4-8-19)20-9-5-2-6-10-20/h1-12,17-18,24H,13-16H2,(H,30,31,32). The number of nitrogens with one attached hydrogen (secondary N) is 1. The molecule has 10 heteroatoms. The molecule has 1 fully saturated rings. The normalized spacial score (nSPS) is 14.1. The molecule has 37 heavy (non-hydrogen) atoms. The first-order valence-electron chi connectivity index (χ1n) is 11.8. The summed E-state index contributed by atoms with van der Waals surface area (Å²) < 4.78 is 27.0. The number of rotatable bonds is 7. The van der Waals surface area contributed by atoms with E-state index in [1.54, 1.807) is 0 Å². The number of anilines is 3. The molecule has 1 N–H and O–H groups in total. The number of benzene rings is 3. The van der Waals surface area contributed by atoms with Crippen molar-refractivity contribution in [2.75, 3.05) is 36.4 Å². The van der Waals surface area contributed by atoms with Gasteiger partial charge in [0.2, 0.25) is 11.6 Å². The molecule has 5 rings (SSSR count). The lowest BCUT2D eigenvalue weighted by Gasteiger charge is -2.40. The molecule has 0 atom stereocenters. The molecule has 3 aromatic carbocycles. The van der Waals surface area contributed by atoms with Gasteiger partial charge < -0.3 is 10.2 Å². The maximum atomic E-state index is 13.7. The lowest BCUT2D eigenvalue weighted by atomic mass is 9.96. The predicted octanol–water partition coefficient (Wildman–Crippen LogP) is 5.32. The van der Waals surface area contributed by atoms with Gasteiger partial charge in [-0.15, -0.1) is 0 Å². The molecule has 188 valence electrons. The minimum absolute atomic E-state index is 0.0514. The first-order chi connectivity index (χ1) is 18.0. The fourth-order valence-electron chi connectivity index (χ4n) is 4.65. The molecule has 1 aliphatic rings. The van der Waals surface area contributed by atoms with Crippen molar-refractivity contribution in [3.63, 3.8) is 0 Å². The van der Waals surface area contributed by atoms with E-state index in [0.717, 1.165) is 12.1 Å². The van der Waals surface area contributed by atoms with E-state index in [1.165, 1.54) is 23.5 Å². The third-order valence-electron chi connectivity index (χ3n) is 6.38. The van der Waals surface area contributed by atoms with Crippen LogP contribution in [-0.4, -0.2) is 46.0 Å². The van der Waals surface area contributed by atoms with Gasteiger partial charge in [0, 0.05) is 37.9 Å². The van der Waals surface area contributed by atoms with Gasteiger partial charge in [-0.3, -0.25) is 15.0 Å². The molecule has 0 aliphatic carbocycles. The van der Waals surface area contributed by atoms with E-state index >= 15 is 0 Å². The van der Waals surface area contributed by atoms with Gasteiger partial charge in [-0.1, -0.05) is 60.7 Å². The van der Waals surface area contributed by atoms with Gasteiger partial charge in [0.05, 0.1) is 11.0 Å². The minimum Gasteiger partial charge on any atom is -0.348 e. The lowest BCUT2D eigenvalue weighted by Crippen LogP contribution is -2.48. The molecule has 0 saturated carbocycles. The second-order valence-electron chi connectivity index (χ2n) is 8.65. The monoisotopic (exact) mass is 502 g/mol. The molecule has 4 aromatic rings. The van der Waals surface area contributed by atoms with E-state index in [-0.39, 0.29) is 29.1 Å². The SMILES string of the molecule is O=[N+]([O-])c1c(Nc2ccc(F)c(F)c2)ncnc1N1CCN(C(c2ccccc2)c2ccccc2)CC1. The number of aromatic nitrogens is 2. The average Bonchev–Trinajstić information content (AvgIpc) is 2.92. The molecule has 0 amide bonds. The predicted molar refractivity (Wildman–Crippen MR) is 137 cm³/mol. The number of hydrogen-bond acceptors (Lipinski definition) is 7.